The van der Waals surface area contributed by atoms with Crippen LogP contribution in [0.3, 0.4) is 0 Å². The Kier molecular flexibility index (Phi) is 4.21. The van der Waals surface area contributed by atoms with Crippen LogP contribution in [0.5, 0.6) is 11.5 Å². The van der Waals surface area contributed by atoms with E-state index in [0.717, 1.165) is 12.1 Å². The highest BCUT2D eigenvalue weighted by molar-refractivity contribution is 5.93. The SMILES string of the molecule is O=C(O)c1cc(OCc2ccccc2F)cc([N+](=O)[O-])c1O. The van der Waals surface area contributed by atoms with Crippen LogP contribution in [0.1, 0.15) is 15.9 Å². The van der Waals surface area contributed by atoms with Gasteiger partial charge in [0.2, 0.25) is 5.75 Å². The lowest BCUT2D eigenvalue weighted by molar-refractivity contribution is -0.386. The topological polar surface area (TPSA) is 110 Å². The van der Waals surface area contributed by atoms with Crippen LogP contribution in [-0.2, 0) is 6.61 Å². The molecule has 114 valence electrons. The van der Waals surface area contributed by atoms with E-state index >= 15 is 0 Å². The van der Waals surface area contributed by atoms with E-state index in [1.54, 1.807) is 6.07 Å². The van der Waals surface area contributed by atoms with Crippen LogP contribution in [0.25, 0.3) is 0 Å². The zero-order valence-corrected chi connectivity index (χ0v) is 11.0. The van der Waals surface area contributed by atoms with Crippen LogP contribution in [0.2, 0.25) is 0 Å². The number of nitro groups is 1. The number of rotatable bonds is 5. The van der Waals surface area contributed by atoms with E-state index in [2.05, 4.69) is 0 Å². The zero-order chi connectivity index (χ0) is 16.3. The number of hydrogen-bond acceptors (Lipinski definition) is 5. The number of nitro benzene ring substituents is 1. The summed E-state index contributed by atoms with van der Waals surface area (Å²) in [6.45, 7) is -0.242. The molecule has 0 unspecified atom stereocenters. The fourth-order valence-corrected chi connectivity index (χ4v) is 1.76. The van der Waals surface area contributed by atoms with Crippen molar-refractivity contribution >= 4 is 11.7 Å². The summed E-state index contributed by atoms with van der Waals surface area (Å²) in [4.78, 5) is 20.9. The van der Waals surface area contributed by atoms with Crippen molar-refractivity contribution in [2.75, 3.05) is 0 Å². The third-order valence-corrected chi connectivity index (χ3v) is 2.84. The Morgan fingerprint density at radius 2 is 2.00 bits per heavy atom. The quantitative estimate of drug-likeness (QED) is 0.649. The fraction of sp³-hybridized carbons (Fsp3) is 0.0714. The standard InChI is InChI=1S/C14H10FNO6/c15-11-4-2-1-3-8(11)7-22-9-5-10(14(18)19)13(17)12(6-9)16(20)21/h1-6,17H,7H2,(H,18,19). The average molecular weight is 307 g/mol. The molecule has 0 aliphatic heterocycles. The highest BCUT2D eigenvalue weighted by Crippen LogP contribution is 2.34. The van der Waals surface area contributed by atoms with Crippen LogP contribution >= 0.6 is 0 Å². The number of carbonyl (C=O) groups is 1. The predicted molar refractivity (Wildman–Crippen MR) is 72.5 cm³/mol. The molecule has 0 saturated carbocycles. The molecule has 2 N–H and O–H groups in total. The molecule has 0 heterocycles. The first-order valence-electron chi connectivity index (χ1n) is 6.01. The summed E-state index contributed by atoms with van der Waals surface area (Å²) < 4.78 is 18.6. The lowest BCUT2D eigenvalue weighted by Crippen LogP contribution is -2.03. The van der Waals surface area contributed by atoms with Gasteiger partial charge in [-0.3, -0.25) is 10.1 Å². The second-order valence-electron chi connectivity index (χ2n) is 4.28. The number of aromatic hydroxyl groups is 1. The van der Waals surface area contributed by atoms with Crippen molar-refractivity contribution in [2.45, 2.75) is 6.61 Å². The summed E-state index contributed by atoms with van der Waals surface area (Å²) in [7, 11) is 0. The Morgan fingerprint density at radius 3 is 2.59 bits per heavy atom. The first kappa shape index (κ1) is 15.2. The van der Waals surface area contributed by atoms with Crippen LogP contribution in [0, 0.1) is 15.9 Å². The molecule has 2 aromatic rings. The summed E-state index contributed by atoms with van der Waals surface area (Å²) in [5.41, 5.74) is -1.27. The maximum atomic E-state index is 13.4. The van der Waals surface area contributed by atoms with Crippen molar-refractivity contribution in [3.63, 3.8) is 0 Å². The fourth-order valence-electron chi connectivity index (χ4n) is 1.76. The van der Waals surface area contributed by atoms with Crippen LogP contribution < -0.4 is 4.74 Å². The van der Waals surface area contributed by atoms with E-state index < -0.39 is 33.7 Å². The Hall–Kier alpha value is -3.16. The van der Waals surface area contributed by atoms with Crippen molar-refractivity contribution in [3.05, 3.63) is 63.5 Å². The second-order valence-corrected chi connectivity index (χ2v) is 4.28. The van der Waals surface area contributed by atoms with Gasteiger partial charge in [-0.05, 0) is 12.1 Å². The number of halogens is 1. The van der Waals surface area contributed by atoms with Gasteiger partial charge < -0.3 is 14.9 Å². The first-order chi connectivity index (χ1) is 10.4. The minimum absolute atomic E-state index is 0.162. The number of hydrogen-bond donors (Lipinski definition) is 2. The Balaban J connectivity index is 2.33. The summed E-state index contributed by atoms with van der Waals surface area (Å²) in [5, 5.41) is 29.3. The molecule has 0 amide bonds. The number of nitrogens with zero attached hydrogens (tertiary/aromatic N) is 1. The molecular weight excluding hydrogens is 297 g/mol. The molecular formula is C14H10FNO6. The van der Waals surface area contributed by atoms with Gasteiger partial charge in [0, 0.05) is 5.56 Å². The van der Waals surface area contributed by atoms with Crippen LogP contribution in [0.15, 0.2) is 36.4 Å². The van der Waals surface area contributed by atoms with E-state index in [1.807, 2.05) is 0 Å². The normalized spacial score (nSPS) is 10.2. The molecule has 0 radical (unpaired) electrons. The second kappa shape index (κ2) is 6.08. The highest BCUT2D eigenvalue weighted by Gasteiger charge is 2.23. The van der Waals surface area contributed by atoms with Crippen molar-refractivity contribution in [1.82, 2.24) is 0 Å². The Labute approximate surface area is 123 Å². The third kappa shape index (κ3) is 3.11. The Bertz CT molecular complexity index is 711. The minimum atomic E-state index is -1.54. The van der Waals surface area contributed by atoms with E-state index in [0.29, 0.717) is 0 Å². The van der Waals surface area contributed by atoms with Gasteiger partial charge in [-0.1, -0.05) is 18.2 Å². The molecule has 0 atom stereocenters. The highest BCUT2D eigenvalue weighted by atomic mass is 19.1. The first-order valence-corrected chi connectivity index (χ1v) is 6.01. The molecule has 0 spiro atoms. The van der Waals surface area contributed by atoms with Crippen molar-refractivity contribution in [3.8, 4) is 11.5 Å². The summed E-state index contributed by atoms with van der Waals surface area (Å²) in [5.74, 6) is -3.19. The van der Waals surface area contributed by atoms with Gasteiger partial charge in [-0.25, -0.2) is 9.18 Å². The summed E-state index contributed by atoms with van der Waals surface area (Å²) in [6, 6.07) is 7.58. The lowest BCUT2D eigenvalue weighted by Gasteiger charge is -2.09. The Morgan fingerprint density at radius 1 is 1.32 bits per heavy atom. The number of phenols is 1. The molecule has 0 bridgehead atoms. The van der Waals surface area contributed by atoms with Gasteiger partial charge >= 0.3 is 11.7 Å². The molecule has 0 aliphatic rings. The molecule has 7 nitrogen and oxygen atoms in total. The number of carboxylic acids is 1. The molecule has 8 heteroatoms. The van der Waals surface area contributed by atoms with E-state index in [4.69, 9.17) is 9.84 Å². The summed E-state index contributed by atoms with van der Waals surface area (Å²) >= 11 is 0. The zero-order valence-electron chi connectivity index (χ0n) is 11.0. The van der Waals surface area contributed by atoms with Gasteiger partial charge in [0.05, 0.1) is 11.0 Å². The summed E-state index contributed by atoms with van der Waals surface area (Å²) in [6.07, 6.45) is 0. The molecule has 2 rings (SSSR count). The molecule has 0 aliphatic carbocycles. The molecule has 0 fully saturated rings. The minimum Gasteiger partial charge on any atom is -0.501 e. The maximum Gasteiger partial charge on any atom is 0.339 e. The average Bonchev–Trinajstić information content (AvgIpc) is 2.47. The van der Waals surface area contributed by atoms with Gasteiger partial charge in [-0.2, -0.15) is 0 Å². The van der Waals surface area contributed by atoms with Crippen molar-refractivity contribution in [1.29, 1.82) is 0 Å². The van der Waals surface area contributed by atoms with Gasteiger partial charge in [0.15, 0.2) is 0 Å². The van der Waals surface area contributed by atoms with E-state index in [-0.39, 0.29) is 17.9 Å². The van der Waals surface area contributed by atoms with Gasteiger partial charge in [0.1, 0.15) is 23.7 Å². The maximum absolute atomic E-state index is 13.4. The molecule has 22 heavy (non-hydrogen) atoms. The smallest absolute Gasteiger partial charge is 0.339 e. The van der Waals surface area contributed by atoms with Gasteiger partial charge in [0.25, 0.3) is 0 Å². The number of benzene rings is 2. The lowest BCUT2D eigenvalue weighted by atomic mass is 10.1. The molecule has 2 aromatic carbocycles. The monoisotopic (exact) mass is 307 g/mol. The number of carboxylic acid groups (broad SMARTS) is 1. The molecule has 0 saturated heterocycles. The van der Waals surface area contributed by atoms with Crippen molar-refractivity contribution < 1.29 is 29.1 Å². The van der Waals surface area contributed by atoms with Crippen LogP contribution in [-0.4, -0.2) is 21.1 Å². The largest absolute Gasteiger partial charge is 0.501 e. The number of aromatic carboxylic acids is 1. The number of ether oxygens (including phenoxy) is 1. The van der Waals surface area contributed by atoms with Crippen LogP contribution in [0.4, 0.5) is 10.1 Å². The van der Waals surface area contributed by atoms with E-state index in [1.165, 1.54) is 18.2 Å². The third-order valence-electron chi connectivity index (χ3n) is 2.84. The van der Waals surface area contributed by atoms with Gasteiger partial charge in [-0.15, -0.1) is 0 Å². The van der Waals surface area contributed by atoms with Crippen molar-refractivity contribution in [2.24, 2.45) is 0 Å². The predicted octanol–water partition coefficient (Wildman–Crippen LogP) is 2.72. The van der Waals surface area contributed by atoms with E-state index in [9.17, 15) is 24.4 Å². The molecule has 0 aromatic heterocycles.